The van der Waals surface area contributed by atoms with Gasteiger partial charge in [0.2, 0.25) is 0 Å². The summed E-state index contributed by atoms with van der Waals surface area (Å²) in [5, 5.41) is 17.0. The summed E-state index contributed by atoms with van der Waals surface area (Å²) < 4.78 is 0. The smallest absolute Gasteiger partial charge is 0.352 e. The van der Waals surface area contributed by atoms with Gasteiger partial charge in [0.25, 0.3) is 0 Å². The van der Waals surface area contributed by atoms with Crippen LogP contribution in [0.4, 0.5) is 0 Å². The second-order valence-corrected chi connectivity index (χ2v) is 2.72. The van der Waals surface area contributed by atoms with Crippen molar-refractivity contribution in [2.45, 2.75) is 13.3 Å². The highest BCUT2D eigenvalue weighted by Gasteiger charge is 2.11. The Morgan fingerprint density at radius 3 is 2.46 bits per heavy atom. The number of aryl methyl sites for hydroxylation is 1. The van der Waals surface area contributed by atoms with Gasteiger partial charge in [-0.25, -0.2) is 4.79 Å². The summed E-state index contributed by atoms with van der Waals surface area (Å²) in [6, 6.07) is 1.42. The maximum absolute atomic E-state index is 10.5. The van der Waals surface area contributed by atoms with Gasteiger partial charge in [-0.1, -0.05) is 0 Å². The number of hydrogen-bond donors (Lipinski definition) is 3. The number of nitrogens with one attached hydrogen (secondary N) is 1. The van der Waals surface area contributed by atoms with E-state index in [-0.39, 0.29) is 12.1 Å². The van der Waals surface area contributed by atoms with Crippen molar-refractivity contribution in [3.63, 3.8) is 0 Å². The van der Waals surface area contributed by atoms with Gasteiger partial charge in [-0.15, -0.1) is 0 Å². The number of rotatable bonds is 3. The zero-order valence-corrected chi connectivity index (χ0v) is 7.00. The summed E-state index contributed by atoms with van der Waals surface area (Å²) in [6.45, 7) is 1.67. The van der Waals surface area contributed by atoms with Crippen LogP contribution in [0, 0.1) is 6.92 Å². The number of aromatic amines is 1. The number of carbonyl (C=O) groups is 2. The first-order valence-corrected chi connectivity index (χ1v) is 3.64. The van der Waals surface area contributed by atoms with Gasteiger partial charge in [0.1, 0.15) is 5.69 Å². The molecule has 0 aliphatic rings. The van der Waals surface area contributed by atoms with Crippen LogP contribution in [-0.4, -0.2) is 27.1 Å². The number of aromatic nitrogens is 1. The Kier molecular flexibility index (Phi) is 2.36. The van der Waals surface area contributed by atoms with Crippen LogP contribution in [0.15, 0.2) is 6.07 Å². The van der Waals surface area contributed by atoms with Gasteiger partial charge >= 0.3 is 11.9 Å². The SMILES string of the molecule is Cc1cc(C(=O)O)[nH]c1CC(=O)O. The summed E-state index contributed by atoms with van der Waals surface area (Å²) in [6.07, 6.45) is -0.181. The van der Waals surface area contributed by atoms with E-state index in [0.717, 1.165) is 0 Å². The molecule has 0 aliphatic heterocycles. The molecule has 0 atom stereocenters. The zero-order chi connectivity index (χ0) is 10.0. The van der Waals surface area contributed by atoms with Gasteiger partial charge < -0.3 is 15.2 Å². The van der Waals surface area contributed by atoms with E-state index in [9.17, 15) is 9.59 Å². The van der Waals surface area contributed by atoms with Crippen molar-refractivity contribution >= 4 is 11.9 Å². The number of hydrogen-bond acceptors (Lipinski definition) is 2. The highest BCUT2D eigenvalue weighted by Crippen LogP contribution is 2.10. The second-order valence-electron chi connectivity index (χ2n) is 2.72. The minimum atomic E-state index is -1.08. The second kappa shape index (κ2) is 3.30. The lowest BCUT2D eigenvalue weighted by Crippen LogP contribution is -2.02. The van der Waals surface area contributed by atoms with Crippen LogP contribution in [0.3, 0.4) is 0 Å². The molecule has 0 fully saturated rings. The lowest BCUT2D eigenvalue weighted by atomic mass is 10.2. The first kappa shape index (κ1) is 9.31. The van der Waals surface area contributed by atoms with Crippen molar-refractivity contribution in [2.24, 2.45) is 0 Å². The Labute approximate surface area is 74.0 Å². The minimum absolute atomic E-state index is 0.0220. The molecule has 0 bridgehead atoms. The van der Waals surface area contributed by atoms with Crippen molar-refractivity contribution in [3.8, 4) is 0 Å². The van der Waals surface area contributed by atoms with E-state index in [1.54, 1.807) is 6.92 Å². The summed E-state index contributed by atoms with van der Waals surface area (Å²) >= 11 is 0. The summed E-state index contributed by atoms with van der Waals surface area (Å²) in [4.78, 5) is 23.3. The van der Waals surface area contributed by atoms with Crippen molar-refractivity contribution < 1.29 is 19.8 Å². The number of aliphatic carboxylic acids is 1. The van der Waals surface area contributed by atoms with Gasteiger partial charge in [-0.05, 0) is 18.6 Å². The van der Waals surface area contributed by atoms with E-state index < -0.39 is 11.9 Å². The molecular weight excluding hydrogens is 174 g/mol. The van der Waals surface area contributed by atoms with Crippen molar-refractivity contribution in [1.82, 2.24) is 4.98 Å². The summed E-state index contributed by atoms with van der Waals surface area (Å²) in [5.41, 5.74) is 1.11. The number of carboxylic acid groups (broad SMARTS) is 2. The molecule has 1 rings (SSSR count). The molecule has 0 spiro atoms. The molecule has 0 saturated heterocycles. The zero-order valence-electron chi connectivity index (χ0n) is 7.00. The van der Waals surface area contributed by atoms with Crippen LogP contribution in [0.1, 0.15) is 21.7 Å². The van der Waals surface area contributed by atoms with Crippen LogP contribution >= 0.6 is 0 Å². The Morgan fingerprint density at radius 2 is 2.08 bits per heavy atom. The average Bonchev–Trinajstić information content (AvgIpc) is 2.31. The molecule has 3 N–H and O–H groups in total. The Bertz CT molecular complexity index is 353. The third kappa shape index (κ3) is 2.08. The molecule has 1 aromatic rings. The van der Waals surface area contributed by atoms with Gasteiger partial charge in [0, 0.05) is 5.69 Å². The van der Waals surface area contributed by atoms with Crippen molar-refractivity contribution in [2.75, 3.05) is 0 Å². The Hall–Kier alpha value is -1.78. The van der Waals surface area contributed by atoms with E-state index in [1.807, 2.05) is 0 Å². The van der Waals surface area contributed by atoms with Crippen LogP contribution in [-0.2, 0) is 11.2 Å². The maximum Gasteiger partial charge on any atom is 0.352 e. The molecule has 5 heteroatoms. The van der Waals surface area contributed by atoms with Crippen LogP contribution in [0.5, 0.6) is 0 Å². The van der Waals surface area contributed by atoms with E-state index in [1.165, 1.54) is 6.07 Å². The Balaban J connectivity index is 2.96. The molecule has 13 heavy (non-hydrogen) atoms. The fourth-order valence-electron chi connectivity index (χ4n) is 1.05. The number of aromatic carboxylic acids is 1. The average molecular weight is 183 g/mol. The third-order valence-corrected chi connectivity index (χ3v) is 1.68. The van der Waals surface area contributed by atoms with Gasteiger partial charge in [0.15, 0.2) is 0 Å². The minimum Gasteiger partial charge on any atom is -0.481 e. The van der Waals surface area contributed by atoms with Gasteiger partial charge in [0.05, 0.1) is 6.42 Å². The number of carboxylic acids is 2. The molecule has 0 amide bonds. The first-order valence-electron chi connectivity index (χ1n) is 3.64. The number of H-pyrrole nitrogens is 1. The molecule has 1 aromatic heterocycles. The predicted molar refractivity (Wildman–Crippen MR) is 43.8 cm³/mol. The molecule has 1 heterocycles. The highest BCUT2D eigenvalue weighted by atomic mass is 16.4. The molecular formula is C8H9NO4. The first-order chi connectivity index (χ1) is 6.00. The fraction of sp³-hybridized carbons (Fsp3) is 0.250. The molecule has 0 saturated carbocycles. The van der Waals surface area contributed by atoms with Crippen molar-refractivity contribution in [3.05, 3.63) is 23.0 Å². The quantitative estimate of drug-likeness (QED) is 0.641. The predicted octanol–water partition coefficient (Wildman–Crippen LogP) is 0.648. The highest BCUT2D eigenvalue weighted by molar-refractivity contribution is 5.86. The topological polar surface area (TPSA) is 90.4 Å². The summed E-state index contributed by atoms with van der Waals surface area (Å²) in [7, 11) is 0. The molecule has 0 aliphatic carbocycles. The lowest BCUT2D eigenvalue weighted by molar-refractivity contribution is -0.136. The fourth-order valence-corrected chi connectivity index (χ4v) is 1.05. The molecule has 0 aromatic carbocycles. The molecule has 70 valence electrons. The van der Waals surface area contributed by atoms with Crippen LogP contribution < -0.4 is 0 Å². The van der Waals surface area contributed by atoms with Gasteiger partial charge in [-0.2, -0.15) is 0 Å². The van der Waals surface area contributed by atoms with Gasteiger partial charge in [-0.3, -0.25) is 4.79 Å². The van der Waals surface area contributed by atoms with Crippen molar-refractivity contribution in [1.29, 1.82) is 0 Å². The largest absolute Gasteiger partial charge is 0.481 e. The monoisotopic (exact) mass is 183 g/mol. The lowest BCUT2D eigenvalue weighted by Gasteiger charge is -1.93. The van der Waals surface area contributed by atoms with E-state index in [2.05, 4.69) is 4.98 Å². The summed E-state index contributed by atoms with van der Waals surface area (Å²) in [5.74, 6) is -2.07. The molecule has 0 unspecified atom stereocenters. The van der Waals surface area contributed by atoms with Crippen LogP contribution in [0.2, 0.25) is 0 Å². The standard InChI is InChI=1S/C8H9NO4/c1-4-2-6(8(12)13)9-5(4)3-7(10)11/h2,9H,3H2,1H3,(H,10,11)(H,12,13). The normalized spacial score (nSPS) is 9.92. The van der Waals surface area contributed by atoms with E-state index in [4.69, 9.17) is 10.2 Å². The van der Waals surface area contributed by atoms with E-state index in [0.29, 0.717) is 11.3 Å². The molecule has 5 nitrogen and oxygen atoms in total. The maximum atomic E-state index is 10.5. The Morgan fingerprint density at radius 1 is 1.46 bits per heavy atom. The third-order valence-electron chi connectivity index (χ3n) is 1.68. The van der Waals surface area contributed by atoms with E-state index >= 15 is 0 Å². The molecule has 0 radical (unpaired) electrons. The van der Waals surface area contributed by atoms with Crippen LogP contribution in [0.25, 0.3) is 0 Å².